The lowest BCUT2D eigenvalue weighted by Crippen LogP contribution is -2.50. The Kier molecular flexibility index (Phi) is 5.00. The van der Waals surface area contributed by atoms with Crippen LogP contribution in [0.3, 0.4) is 0 Å². The molecule has 0 aliphatic heterocycles. The van der Waals surface area contributed by atoms with Crippen LogP contribution >= 0.6 is 0 Å². The number of hydrogen-bond donors (Lipinski definition) is 2. The Morgan fingerprint density at radius 3 is 2.30 bits per heavy atom. The van der Waals surface area contributed by atoms with Gasteiger partial charge in [0.05, 0.1) is 6.61 Å². The Hall–Kier alpha value is -0.120. The minimum atomic E-state index is 0.573. The Bertz CT molecular complexity index is 279. The van der Waals surface area contributed by atoms with Gasteiger partial charge in [0.1, 0.15) is 0 Å². The van der Waals surface area contributed by atoms with Gasteiger partial charge in [-0.15, -0.1) is 0 Å². The fraction of sp³-hybridized carbons (Fsp3) is 1.00. The van der Waals surface area contributed by atoms with Crippen molar-refractivity contribution in [3.05, 3.63) is 0 Å². The zero-order valence-electron chi connectivity index (χ0n) is 13.2. The summed E-state index contributed by atoms with van der Waals surface area (Å²) < 4.78 is 5.06. The molecule has 4 saturated carbocycles. The highest BCUT2D eigenvalue weighted by atomic mass is 16.5. The summed E-state index contributed by atoms with van der Waals surface area (Å²) in [5.41, 5.74) is 0. The molecule has 0 heterocycles. The number of methoxy groups -OCH3 is 1. The first-order valence-corrected chi connectivity index (χ1v) is 8.69. The topological polar surface area (TPSA) is 33.3 Å². The van der Waals surface area contributed by atoms with Gasteiger partial charge in [0, 0.05) is 26.2 Å². The lowest BCUT2D eigenvalue weighted by molar-refractivity contribution is -0.0361. The van der Waals surface area contributed by atoms with Gasteiger partial charge in [0.15, 0.2) is 0 Å². The molecule has 0 aromatic rings. The monoisotopic (exact) mass is 280 g/mol. The maximum Gasteiger partial charge on any atom is 0.0587 e. The molecular weight excluding hydrogens is 248 g/mol. The lowest BCUT2D eigenvalue weighted by Gasteiger charge is -2.54. The molecule has 0 amide bonds. The van der Waals surface area contributed by atoms with E-state index in [-0.39, 0.29) is 0 Å². The Morgan fingerprint density at radius 1 is 1.05 bits per heavy atom. The number of ether oxygens (including phenoxy) is 1. The van der Waals surface area contributed by atoms with Crippen molar-refractivity contribution < 1.29 is 4.74 Å². The van der Waals surface area contributed by atoms with Crippen LogP contribution in [0.1, 0.15) is 39.0 Å². The highest BCUT2D eigenvalue weighted by Crippen LogP contribution is 2.56. The molecule has 0 aromatic heterocycles. The Labute approximate surface area is 124 Å². The molecule has 4 rings (SSSR count). The summed E-state index contributed by atoms with van der Waals surface area (Å²) in [7, 11) is 1.76. The van der Waals surface area contributed by atoms with Gasteiger partial charge in [-0.3, -0.25) is 0 Å². The van der Waals surface area contributed by atoms with E-state index in [0.717, 1.165) is 49.3 Å². The largest absolute Gasteiger partial charge is 0.383 e. The molecule has 0 aromatic carbocycles. The quantitative estimate of drug-likeness (QED) is 0.669. The first kappa shape index (κ1) is 14.8. The fourth-order valence-corrected chi connectivity index (χ4v) is 5.27. The van der Waals surface area contributed by atoms with Crippen LogP contribution in [0.5, 0.6) is 0 Å². The third kappa shape index (κ3) is 3.37. The minimum absolute atomic E-state index is 0.573. The van der Waals surface area contributed by atoms with Crippen LogP contribution in [0.15, 0.2) is 0 Å². The van der Waals surface area contributed by atoms with Gasteiger partial charge in [0.25, 0.3) is 0 Å². The van der Waals surface area contributed by atoms with Crippen molar-refractivity contribution in [3.8, 4) is 0 Å². The van der Waals surface area contributed by atoms with Crippen LogP contribution in [0.4, 0.5) is 0 Å². The van der Waals surface area contributed by atoms with Crippen LogP contribution in [0.25, 0.3) is 0 Å². The summed E-state index contributed by atoms with van der Waals surface area (Å²) in [6.45, 7) is 6.37. The molecule has 0 radical (unpaired) electrons. The normalized spacial score (nSPS) is 40.2. The second-order valence-electron chi connectivity index (χ2n) is 7.60. The van der Waals surface area contributed by atoms with Crippen molar-refractivity contribution in [1.29, 1.82) is 0 Å². The smallest absolute Gasteiger partial charge is 0.0587 e. The van der Waals surface area contributed by atoms with Gasteiger partial charge >= 0.3 is 0 Å². The molecule has 2 N–H and O–H groups in total. The van der Waals surface area contributed by atoms with Crippen LogP contribution in [-0.2, 0) is 4.74 Å². The van der Waals surface area contributed by atoms with Gasteiger partial charge in [-0.1, -0.05) is 0 Å². The van der Waals surface area contributed by atoms with Crippen LogP contribution < -0.4 is 10.6 Å². The van der Waals surface area contributed by atoms with Crippen molar-refractivity contribution in [2.45, 2.75) is 45.1 Å². The van der Waals surface area contributed by atoms with E-state index in [1.807, 2.05) is 0 Å². The average molecular weight is 280 g/mol. The van der Waals surface area contributed by atoms with Crippen molar-refractivity contribution in [1.82, 2.24) is 10.6 Å². The maximum absolute atomic E-state index is 5.06. The summed E-state index contributed by atoms with van der Waals surface area (Å²) >= 11 is 0. The van der Waals surface area contributed by atoms with Crippen molar-refractivity contribution in [3.63, 3.8) is 0 Å². The Balaban J connectivity index is 1.38. The van der Waals surface area contributed by atoms with E-state index in [4.69, 9.17) is 4.74 Å². The second-order valence-corrected chi connectivity index (χ2v) is 7.60. The maximum atomic E-state index is 5.06. The van der Waals surface area contributed by atoms with Gasteiger partial charge < -0.3 is 15.4 Å². The first-order valence-electron chi connectivity index (χ1n) is 8.69. The van der Waals surface area contributed by atoms with Crippen LogP contribution in [0.2, 0.25) is 0 Å². The third-order valence-electron chi connectivity index (χ3n) is 6.06. The lowest BCUT2D eigenvalue weighted by atomic mass is 9.52. The first-order chi connectivity index (χ1) is 9.76. The summed E-state index contributed by atoms with van der Waals surface area (Å²) in [4.78, 5) is 0. The number of hydrogen-bond acceptors (Lipinski definition) is 3. The van der Waals surface area contributed by atoms with E-state index >= 15 is 0 Å². The summed E-state index contributed by atoms with van der Waals surface area (Å²) in [6.07, 6.45) is 7.73. The van der Waals surface area contributed by atoms with E-state index in [1.165, 1.54) is 6.54 Å². The molecule has 1 unspecified atom stereocenters. The summed E-state index contributed by atoms with van der Waals surface area (Å²) in [6, 6.07) is 0.573. The SMILES string of the molecule is COCCNCC(C)NCC1C2CC3CC(C2)CC1C3. The van der Waals surface area contributed by atoms with E-state index in [0.29, 0.717) is 6.04 Å². The fourth-order valence-electron chi connectivity index (χ4n) is 5.27. The van der Waals surface area contributed by atoms with Crippen LogP contribution in [-0.4, -0.2) is 39.4 Å². The molecule has 0 spiro atoms. The molecule has 4 fully saturated rings. The van der Waals surface area contributed by atoms with Crippen molar-refractivity contribution >= 4 is 0 Å². The van der Waals surface area contributed by atoms with E-state index < -0.39 is 0 Å². The Morgan fingerprint density at radius 2 is 1.70 bits per heavy atom. The standard InChI is InChI=1S/C17H32N2O/c1-12(10-18-3-4-20-2)19-11-17-15-6-13-5-14(8-15)9-16(17)7-13/h12-19H,3-11H2,1-2H3. The zero-order chi connectivity index (χ0) is 13.9. The third-order valence-corrected chi connectivity index (χ3v) is 6.06. The minimum Gasteiger partial charge on any atom is -0.383 e. The molecule has 116 valence electrons. The van der Waals surface area contributed by atoms with Crippen LogP contribution in [0, 0.1) is 29.6 Å². The average Bonchev–Trinajstić information content (AvgIpc) is 2.42. The highest BCUT2D eigenvalue weighted by Gasteiger charge is 2.47. The molecular formula is C17H32N2O. The van der Waals surface area contributed by atoms with E-state index in [1.54, 1.807) is 39.2 Å². The second kappa shape index (κ2) is 6.76. The number of nitrogens with one attached hydrogen (secondary N) is 2. The number of rotatable bonds is 8. The van der Waals surface area contributed by atoms with Crippen molar-refractivity contribution in [2.75, 3.05) is 33.4 Å². The molecule has 3 heteroatoms. The predicted molar refractivity (Wildman–Crippen MR) is 82.7 cm³/mol. The molecule has 1 atom stereocenters. The molecule has 0 saturated heterocycles. The van der Waals surface area contributed by atoms with Gasteiger partial charge in [-0.05, 0) is 75.2 Å². The molecule has 4 aliphatic rings. The van der Waals surface area contributed by atoms with Gasteiger partial charge in [-0.25, -0.2) is 0 Å². The zero-order valence-corrected chi connectivity index (χ0v) is 13.2. The molecule has 3 nitrogen and oxygen atoms in total. The summed E-state index contributed by atoms with van der Waals surface area (Å²) in [5, 5.41) is 7.24. The molecule has 4 aliphatic carbocycles. The molecule has 4 bridgehead atoms. The van der Waals surface area contributed by atoms with E-state index in [2.05, 4.69) is 17.6 Å². The van der Waals surface area contributed by atoms with E-state index in [9.17, 15) is 0 Å². The van der Waals surface area contributed by atoms with Gasteiger partial charge in [-0.2, -0.15) is 0 Å². The van der Waals surface area contributed by atoms with Gasteiger partial charge in [0.2, 0.25) is 0 Å². The summed E-state index contributed by atoms with van der Waals surface area (Å²) in [5.74, 6) is 5.27. The molecule has 20 heavy (non-hydrogen) atoms. The van der Waals surface area contributed by atoms with Crippen molar-refractivity contribution in [2.24, 2.45) is 29.6 Å². The highest BCUT2D eigenvalue weighted by molar-refractivity contribution is 4.98. The predicted octanol–water partition coefficient (Wildman–Crippen LogP) is 2.27.